The maximum atomic E-state index is 12.1. The minimum absolute atomic E-state index is 0.284. The summed E-state index contributed by atoms with van der Waals surface area (Å²) < 4.78 is 5.29. The van der Waals surface area contributed by atoms with Crippen molar-refractivity contribution >= 4 is 34.8 Å². The summed E-state index contributed by atoms with van der Waals surface area (Å²) in [6, 6.07) is 0. The van der Waals surface area contributed by atoms with Crippen LogP contribution in [0.25, 0.3) is 0 Å². The zero-order chi connectivity index (χ0) is 15.5. The molecule has 0 aromatic rings. The highest BCUT2D eigenvalue weighted by Gasteiger charge is 2.45. The molecule has 0 radical (unpaired) electrons. The van der Waals surface area contributed by atoms with Gasteiger partial charge in [-0.3, -0.25) is 4.79 Å². The minimum Gasteiger partial charge on any atom is -0.383 e. The van der Waals surface area contributed by atoms with Gasteiger partial charge in [-0.05, 0) is 43.5 Å². The lowest BCUT2D eigenvalue weighted by molar-refractivity contribution is -0.129. The third-order valence-corrected chi connectivity index (χ3v) is 4.86. The fraction of sp³-hybridized carbons (Fsp3) is 0.714. The fourth-order valence-corrected chi connectivity index (χ4v) is 3.72. The van der Waals surface area contributed by atoms with Gasteiger partial charge in [0, 0.05) is 31.8 Å². The summed E-state index contributed by atoms with van der Waals surface area (Å²) in [5.41, 5.74) is 7.02. The van der Waals surface area contributed by atoms with Gasteiger partial charge in [0.25, 0.3) is 0 Å². The molecular weight excluding hydrogens is 310 g/mol. The predicted molar refractivity (Wildman–Crippen MR) is 87.0 cm³/mol. The van der Waals surface area contributed by atoms with Gasteiger partial charge in [0.05, 0.1) is 6.61 Å². The first kappa shape index (κ1) is 16.5. The first-order valence-electron chi connectivity index (χ1n) is 7.18. The number of rotatable bonds is 5. The van der Waals surface area contributed by atoms with E-state index in [9.17, 15) is 4.79 Å². The maximum absolute atomic E-state index is 12.1. The Morgan fingerprint density at radius 1 is 1.57 bits per heavy atom. The van der Waals surface area contributed by atoms with Crippen LogP contribution in [0.15, 0.2) is 11.3 Å². The van der Waals surface area contributed by atoms with Crippen LogP contribution in [-0.4, -0.2) is 48.6 Å². The molecule has 1 atom stereocenters. The van der Waals surface area contributed by atoms with Crippen LogP contribution < -0.4 is 11.1 Å². The van der Waals surface area contributed by atoms with Gasteiger partial charge >= 0.3 is 0 Å². The first-order chi connectivity index (χ1) is 10.0. The highest BCUT2D eigenvalue weighted by Crippen LogP contribution is 2.41. The third kappa shape index (κ3) is 3.17. The largest absolute Gasteiger partial charge is 0.383 e. The second kappa shape index (κ2) is 6.94. The van der Waals surface area contributed by atoms with Crippen LogP contribution in [0.4, 0.5) is 0 Å². The number of carbonyl (C=O) groups is 1. The smallest absolute Gasteiger partial charge is 0.231 e. The number of thiocarbonyl (C=S) groups is 1. The molecule has 7 heteroatoms. The van der Waals surface area contributed by atoms with Gasteiger partial charge in [-0.15, -0.1) is 11.6 Å². The van der Waals surface area contributed by atoms with Crippen molar-refractivity contribution < 1.29 is 9.53 Å². The number of amides is 1. The van der Waals surface area contributed by atoms with Gasteiger partial charge in [0.15, 0.2) is 5.11 Å². The average Bonchev–Trinajstić information content (AvgIpc) is 2.60. The number of hydrogen-bond donors (Lipinski definition) is 2. The van der Waals surface area contributed by atoms with Crippen molar-refractivity contribution in [3.05, 3.63) is 11.3 Å². The van der Waals surface area contributed by atoms with E-state index in [1.807, 2.05) is 4.90 Å². The standard InChI is InChI=1S/C14H22ClN3O2S/c1-20-9-14(12(16)19)5-2-3-10-4-7-18(8-6-15)13(21)17-11(10)14/h2-9H2,1H3,(H2,16,19)(H,17,21)/t14-/m1/s1. The van der Waals surface area contributed by atoms with E-state index < -0.39 is 5.41 Å². The van der Waals surface area contributed by atoms with Crippen LogP contribution in [0.1, 0.15) is 25.7 Å². The number of ether oxygens (including phenoxy) is 1. The lowest BCUT2D eigenvalue weighted by Gasteiger charge is -2.37. The Balaban J connectivity index is 2.35. The molecular formula is C14H22ClN3O2S. The number of hydrogen-bond acceptors (Lipinski definition) is 3. The Labute approximate surface area is 135 Å². The van der Waals surface area contributed by atoms with Gasteiger partial charge < -0.3 is 20.7 Å². The SMILES string of the molecule is COC[C@]1(C(N)=O)CCCC2=C1NC(=S)N(CCCl)CC2. The van der Waals surface area contributed by atoms with Gasteiger partial charge in [-0.2, -0.15) is 0 Å². The molecule has 0 aromatic heterocycles. The summed E-state index contributed by atoms with van der Waals surface area (Å²) in [7, 11) is 1.59. The molecule has 0 bridgehead atoms. The summed E-state index contributed by atoms with van der Waals surface area (Å²) in [4.78, 5) is 14.2. The molecule has 1 amide bonds. The van der Waals surface area contributed by atoms with Crippen molar-refractivity contribution in [3.63, 3.8) is 0 Å². The monoisotopic (exact) mass is 331 g/mol. The molecule has 0 saturated heterocycles. The number of nitrogens with zero attached hydrogens (tertiary/aromatic N) is 1. The second-order valence-electron chi connectivity index (χ2n) is 5.57. The second-order valence-corrected chi connectivity index (χ2v) is 6.33. The van der Waals surface area contributed by atoms with Gasteiger partial charge in [-0.25, -0.2) is 0 Å². The van der Waals surface area contributed by atoms with Crippen LogP contribution in [0.5, 0.6) is 0 Å². The Bertz CT molecular complexity index is 469. The van der Waals surface area contributed by atoms with Crippen molar-refractivity contribution in [3.8, 4) is 0 Å². The van der Waals surface area contributed by atoms with E-state index in [1.165, 1.54) is 5.57 Å². The summed E-state index contributed by atoms with van der Waals surface area (Å²) >= 11 is 11.3. The summed E-state index contributed by atoms with van der Waals surface area (Å²) in [6.07, 6.45) is 3.48. The van der Waals surface area contributed by atoms with Crippen LogP contribution in [0, 0.1) is 5.41 Å². The molecule has 1 heterocycles. The molecule has 2 rings (SSSR count). The Kier molecular flexibility index (Phi) is 5.46. The van der Waals surface area contributed by atoms with E-state index in [4.69, 9.17) is 34.3 Å². The van der Waals surface area contributed by atoms with E-state index >= 15 is 0 Å². The van der Waals surface area contributed by atoms with Gasteiger partial charge in [0.1, 0.15) is 5.41 Å². The zero-order valence-corrected chi connectivity index (χ0v) is 13.9. The highest BCUT2D eigenvalue weighted by molar-refractivity contribution is 7.80. The van der Waals surface area contributed by atoms with Crippen molar-refractivity contribution in [2.75, 3.05) is 32.7 Å². The molecule has 5 nitrogen and oxygen atoms in total. The van der Waals surface area contributed by atoms with E-state index in [0.29, 0.717) is 24.0 Å². The summed E-state index contributed by atoms with van der Waals surface area (Å²) in [6.45, 7) is 1.80. The fourth-order valence-electron chi connectivity index (χ4n) is 3.23. The Hall–Kier alpha value is -0.850. The molecule has 0 saturated carbocycles. The van der Waals surface area contributed by atoms with Crippen LogP contribution in [0.2, 0.25) is 0 Å². The normalized spacial score (nSPS) is 26.2. The quantitative estimate of drug-likeness (QED) is 0.588. The predicted octanol–water partition coefficient (Wildman–Crippen LogP) is 1.36. The van der Waals surface area contributed by atoms with E-state index in [-0.39, 0.29) is 12.5 Å². The zero-order valence-electron chi connectivity index (χ0n) is 12.3. The number of primary amides is 1. The van der Waals surface area contributed by atoms with E-state index in [2.05, 4.69) is 5.32 Å². The number of nitrogens with one attached hydrogen (secondary N) is 1. The van der Waals surface area contributed by atoms with Crippen molar-refractivity contribution in [2.24, 2.45) is 11.1 Å². The first-order valence-corrected chi connectivity index (χ1v) is 8.12. The van der Waals surface area contributed by atoms with Crippen LogP contribution >= 0.6 is 23.8 Å². The average molecular weight is 332 g/mol. The molecule has 118 valence electrons. The molecule has 21 heavy (non-hydrogen) atoms. The lowest BCUT2D eigenvalue weighted by Crippen LogP contribution is -2.50. The van der Waals surface area contributed by atoms with Crippen molar-refractivity contribution in [1.29, 1.82) is 0 Å². The number of nitrogens with two attached hydrogens (primary N) is 1. The number of methoxy groups -OCH3 is 1. The molecule has 2 aliphatic rings. The van der Waals surface area contributed by atoms with E-state index in [0.717, 1.165) is 31.5 Å². The van der Waals surface area contributed by atoms with Crippen molar-refractivity contribution in [2.45, 2.75) is 25.7 Å². The lowest BCUT2D eigenvalue weighted by atomic mass is 9.72. The number of alkyl halides is 1. The molecule has 3 N–H and O–H groups in total. The molecule has 0 aromatic carbocycles. The van der Waals surface area contributed by atoms with Crippen molar-refractivity contribution in [1.82, 2.24) is 10.2 Å². The Morgan fingerprint density at radius 3 is 2.95 bits per heavy atom. The number of halogens is 1. The van der Waals surface area contributed by atoms with Crippen LogP contribution in [0.3, 0.4) is 0 Å². The third-order valence-electron chi connectivity index (χ3n) is 4.33. The minimum atomic E-state index is -0.788. The Morgan fingerprint density at radius 2 is 2.33 bits per heavy atom. The van der Waals surface area contributed by atoms with E-state index in [1.54, 1.807) is 7.11 Å². The van der Waals surface area contributed by atoms with Gasteiger partial charge in [0.2, 0.25) is 5.91 Å². The number of carbonyl (C=O) groups excluding carboxylic acids is 1. The summed E-state index contributed by atoms with van der Waals surface area (Å²) in [5, 5.41) is 3.89. The molecule has 1 aliphatic heterocycles. The maximum Gasteiger partial charge on any atom is 0.231 e. The topological polar surface area (TPSA) is 67.6 Å². The van der Waals surface area contributed by atoms with Crippen LogP contribution in [-0.2, 0) is 9.53 Å². The highest BCUT2D eigenvalue weighted by atomic mass is 35.5. The molecule has 0 spiro atoms. The van der Waals surface area contributed by atoms with Gasteiger partial charge in [-0.1, -0.05) is 0 Å². The summed E-state index contributed by atoms with van der Waals surface area (Å²) in [5.74, 6) is 0.170. The molecule has 0 unspecified atom stereocenters. The molecule has 1 aliphatic carbocycles. The molecule has 0 fully saturated rings.